The quantitative estimate of drug-likeness (QED) is 0.604. The number of nitriles is 1. The number of carbonyl (C=O) groups is 1. The maximum Gasteiger partial charge on any atom is 0.326 e. The van der Waals surface area contributed by atoms with Crippen LogP contribution < -0.4 is 0 Å². The third-order valence-corrected chi connectivity index (χ3v) is 1.72. The lowest BCUT2D eigenvalue weighted by molar-refractivity contribution is -0.151. The summed E-state index contributed by atoms with van der Waals surface area (Å²) < 4.78 is 4.79. The van der Waals surface area contributed by atoms with Gasteiger partial charge in [-0.25, -0.2) is 0 Å². The Morgan fingerprint density at radius 1 is 1.58 bits per heavy atom. The molecule has 0 saturated carbocycles. The van der Waals surface area contributed by atoms with Gasteiger partial charge in [0.2, 0.25) is 0 Å². The number of ether oxygens (including phenoxy) is 1. The SMILES string of the molecule is CCCC(C)(C#N)C(=O)OCC. The average molecular weight is 169 g/mol. The molecular formula is C9H15NO2. The fraction of sp³-hybridized carbons (Fsp3) is 0.778. The van der Waals surface area contributed by atoms with Crippen LogP contribution in [-0.2, 0) is 9.53 Å². The molecule has 68 valence electrons. The van der Waals surface area contributed by atoms with Gasteiger partial charge in [-0.3, -0.25) is 4.79 Å². The third-order valence-electron chi connectivity index (χ3n) is 1.72. The van der Waals surface area contributed by atoms with Gasteiger partial charge >= 0.3 is 5.97 Å². The first-order chi connectivity index (χ1) is 5.60. The Labute approximate surface area is 73.3 Å². The molecule has 0 amide bonds. The maximum atomic E-state index is 11.2. The Morgan fingerprint density at radius 3 is 2.50 bits per heavy atom. The van der Waals surface area contributed by atoms with Crippen LogP contribution in [0.15, 0.2) is 0 Å². The van der Waals surface area contributed by atoms with Crippen LogP contribution in [0.3, 0.4) is 0 Å². The monoisotopic (exact) mass is 169 g/mol. The topological polar surface area (TPSA) is 50.1 Å². The second-order valence-corrected chi connectivity index (χ2v) is 2.91. The van der Waals surface area contributed by atoms with Crippen LogP contribution in [0.1, 0.15) is 33.6 Å². The lowest BCUT2D eigenvalue weighted by Crippen LogP contribution is -2.28. The summed E-state index contributed by atoms with van der Waals surface area (Å²) in [7, 11) is 0. The second kappa shape index (κ2) is 4.76. The molecule has 0 saturated heterocycles. The first-order valence-electron chi connectivity index (χ1n) is 4.19. The van der Waals surface area contributed by atoms with Gasteiger partial charge in [0, 0.05) is 0 Å². The van der Waals surface area contributed by atoms with E-state index in [-0.39, 0.29) is 0 Å². The summed E-state index contributed by atoms with van der Waals surface area (Å²) in [6.07, 6.45) is 1.37. The zero-order valence-electron chi connectivity index (χ0n) is 7.89. The molecule has 0 aliphatic carbocycles. The van der Waals surface area contributed by atoms with E-state index in [0.29, 0.717) is 13.0 Å². The largest absolute Gasteiger partial charge is 0.465 e. The summed E-state index contributed by atoms with van der Waals surface area (Å²) in [6.45, 7) is 5.63. The number of hydrogen-bond donors (Lipinski definition) is 0. The molecule has 0 radical (unpaired) electrons. The van der Waals surface area contributed by atoms with Gasteiger partial charge in [0.1, 0.15) is 0 Å². The predicted octanol–water partition coefficient (Wildman–Crippen LogP) is 1.88. The molecular weight excluding hydrogens is 154 g/mol. The highest BCUT2D eigenvalue weighted by atomic mass is 16.5. The van der Waals surface area contributed by atoms with Crippen LogP contribution in [0.4, 0.5) is 0 Å². The molecule has 0 spiro atoms. The molecule has 0 fully saturated rings. The van der Waals surface area contributed by atoms with Crippen molar-refractivity contribution < 1.29 is 9.53 Å². The van der Waals surface area contributed by atoms with E-state index in [4.69, 9.17) is 10.00 Å². The van der Waals surface area contributed by atoms with Crippen molar-refractivity contribution in [1.82, 2.24) is 0 Å². The van der Waals surface area contributed by atoms with Crippen LogP contribution >= 0.6 is 0 Å². The Balaban J connectivity index is 4.32. The molecule has 0 aliphatic heterocycles. The third kappa shape index (κ3) is 2.54. The van der Waals surface area contributed by atoms with E-state index in [9.17, 15) is 4.79 Å². The lowest BCUT2D eigenvalue weighted by Gasteiger charge is -2.17. The van der Waals surface area contributed by atoms with Crippen molar-refractivity contribution in [2.24, 2.45) is 5.41 Å². The first-order valence-corrected chi connectivity index (χ1v) is 4.19. The van der Waals surface area contributed by atoms with Gasteiger partial charge in [0.05, 0.1) is 12.7 Å². The summed E-state index contributed by atoms with van der Waals surface area (Å²) in [5, 5.41) is 8.76. The molecule has 12 heavy (non-hydrogen) atoms. The van der Waals surface area contributed by atoms with E-state index in [1.165, 1.54) is 0 Å². The molecule has 0 rings (SSSR count). The predicted molar refractivity (Wildman–Crippen MR) is 45.3 cm³/mol. The van der Waals surface area contributed by atoms with Crippen molar-refractivity contribution in [3.05, 3.63) is 0 Å². The zero-order valence-corrected chi connectivity index (χ0v) is 7.89. The van der Waals surface area contributed by atoms with Gasteiger partial charge in [-0.15, -0.1) is 0 Å². The van der Waals surface area contributed by atoms with E-state index in [0.717, 1.165) is 6.42 Å². The normalized spacial score (nSPS) is 14.5. The number of nitrogens with zero attached hydrogens (tertiary/aromatic N) is 1. The maximum absolute atomic E-state index is 11.2. The van der Waals surface area contributed by atoms with E-state index in [2.05, 4.69) is 0 Å². The number of rotatable bonds is 4. The average Bonchev–Trinajstić information content (AvgIpc) is 2.05. The summed E-state index contributed by atoms with van der Waals surface area (Å²) in [5.74, 6) is -0.408. The van der Waals surface area contributed by atoms with Crippen LogP contribution in [0, 0.1) is 16.7 Å². The van der Waals surface area contributed by atoms with E-state index in [1.807, 2.05) is 13.0 Å². The van der Waals surface area contributed by atoms with Crippen molar-refractivity contribution in [3.8, 4) is 6.07 Å². The number of carbonyl (C=O) groups excluding carboxylic acids is 1. The molecule has 1 unspecified atom stereocenters. The Bertz CT molecular complexity index is 195. The highest BCUT2D eigenvalue weighted by molar-refractivity contribution is 5.79. The van der Waals surface area contributed by atoms with Crippen molar-refractivity contribution in [1.29, 1.82) is 5.26 Å². The Morgan fingerprint density at radius 2 is 2.17 bits per heavy atom. The van der Waals surface area contributed by atoms with Crippen molar-refractivity contribution in [2.45, 2.75) is 33.6 Å². The minimum absolute atomic E-state index is 0.333. The van der Waals surface area contributed by atoms with Gasteiger partial charge in [-0.2, -0.15) is 5.26 Å². The molecule has 0 aliphatic rings. The van der Waals surface area contributed by atoms with Gasteiger partial charge in [0.25, 0.3) is 0 Å². The van der Waals surface area contributed by atoms with Crippen molar-refractivity contribution in [3.63, 3.8) is 0 Å². The van der Waals surface area contributed by atoms with E-state index in [1.54, 1.807) is 13.8 Å². The fourth-order valence-electron chi connectivity index (χ4n) is 0.994. The van der Waals surface area contributed by atoms with Crippen LogP contribution in [-0.4, -0.2) is 12.6 Å². The molecule has 3 heteroatoms. The number of hydrogen-bond acceptors (Lipinski definition) is 3. The summed E-state index contributed by atoms with van der Waals surface area (Å²) in [4.78, 5) is 11.2. The highest BCUT2D eigenvalue weighted by Gasteiger charge is 2.33. The molecule has 0 N–H and O–H groups in total. The molecule has 0 aromatic rings. The standard InChI is InChI=1S/C9H15NO2/c1-4-6-9(3,7-10)8(11)12-5-2/h4-6H2,1-3H3. The van der Waals surface area contributed by atoms with Crippen molar-refractivity contribution in [2.75, 3.05) is 6.61 Å². The van der Waals surface area contributed by atoms with E-state index < -0.39 is 11.4 Å². The van der Waals surface area contributed by atoms with Crippen LogP contribution in [0.2, 0.25) is 0 Å². The van der Waals surface area contributed by atoms with Crippen LogP contribution in [0.25, 0.3) is 0 Å². The molecule has 0 bridgehead atoms. The Hall–Kier alpha value is -1.04. The van der Waals surface area contributed by atoms with Gasteiger partial charge in [-0.05, 0) is 20.3 Å². The van der Waals surface area contributed by atoms with Gasteiger partial charge < -0.3 is 4.74 Å². The number of esters is 1. The molecule has 0 heterocycles. The Kier molecular flexibility index (Phi) is 4.35. The van der Waals surface area contributed by atoms with Crippen LogP contribution in [0.5, 0.6) is 0 Å². The minimum Gasteiger partial charge on any atom is -0.465 e. The molecule has 3 nitrogen and oxygen atoms in total. The molecule has 0 aromatic heterocycles. The summed E-state index contributed by atoms with van der Waals surface area (Å²) in [6, 6.07) is 1.99. The highest BCUT2D eigenvalue weighted by Crippen LogP contribution is 2.23. The summed E-state index contributed by atoms with van der Waals surface area (Å²) >= 11 is 0. The zero-order chi connectivity index (χ0) is 9.61. The van der Waals surface area contributed by atoms with Gasteiger partial charge in [-0.1, -0.05) is 13.3 Å². The molecule has 0 aromatic carbocycles. The smallest absolute Gasteiger partial charge is 0.326 e. The minimum atomic E-state index is -0.954. The second-order valence-electron chi connectivity index (χ2n) is 2.91. The first kappa shape index (κ1) is 11.0. The molecule has 1 atom stereocenters. The van der Waals surface area contributed by atoms with E-state index >= 15 is 0 Å². The van der Waals surface area contributed by atoms with Crippen molar-refractivity contribution >= 4 is 5.97 Å². The fourth-order valence-corrected chi connectivity index (χ4v) is 0.994. The lowest BCUT2D eigenvalue weighted by atomic mass is 9.87. The summed E-state index contributed by atoms with van der Waals surface area (Å²) in [5.41, 5.74) is -0.954. The van der Waals surface area contributed by atoms with Gasteiger partial charge in [0.15, 0.2) is 5.41 Å².